The number of ether oxygens (including phenoxy) is 1. The summed E-state index contributed by atoms with van der Waals surface area (Å²) in [5.41, 5.74) is 7.59. The molecule has 3 heterocycles. The Labute approximate surface area is 130 Å². The van der Waals surface area contributed by atoms with Gasteiger partial charge in [0.1, 0.15) is 11.5 Å². The number of carbonyl (C=O) groups excluding carboxylic acids is 1. The molecule has 0 atom stereocenters. The van der Waals surface area contributed by atoms with E-state index in [4.69, 9.17) is 10.5 Å². The average molecular weight is 315 g/mol. The molecule has 0 amide bonds. The lowest BCUT2D eigenvalue weighted by Gasteiger charge is -1.98. The van der Waals surface area contributed by atoms with Crippen molar-refractivity contribution < 1.29 is 9.53 Å². The van der Waals surface area contributed by atoms with Crippen LogP contribution in [-0.4, -0.2) is 32.3 Å². The predicted molar refractivity (Wildman–Crippen MR) is 82.8 cm³/mol. The standard InChI is InChI=1S/C14H13N5O2S/c1-2-21-13(20)11-8-22-14(17-11)19-12(15)7-10(18-19)9-5-3-4-6-16-9/h3-8H,2,15H2,1H3. The van der Waals surface area contributed by atoms with Crippen LogP contribution >= 0.6 is 11.3 Å². The van der Waals surface area contributed by atoms with E-state index in [9.17, 15) is 4.79 Å². The lowest BCUT2D eigenvalue weighted by atomic mass is 10.3. The molecule has 0 bridgehead atoms. The van der Waals surface area contributed by atoms with E-state index >= 15 is 0 Å². The van der Waals surface area contributed by atoms with E-state index in [1.165, 1.54) is 16.0 Å². The number of pyridine rings is 1. The molecule has 2 N–H and O–H groups in total. The van der Waals surface area contributed by atoms with Crippen molar-refractivity contribution >= 4 is 23.1 Å². The molecule has 0 saturated carbocycles. The van der Waals surface area contributed by atoms with E-state index < -0.39 is 5.97 Å². The van der Waals surface area contributed by atoms with Gasteiger partial charge in [0.05, 0.1) is 12.3 Å². The molecule has 22 heavy (non-hydrogen) atoms. The van der Waals surface area contributed by atoms with Crippen LogP contribution in [0.5, 0.6) is 0 Å². The summed E-state index contributed by atoms with van der Waals surface area (Å²) >= 11 is 1.27. The summed E-state index contributed by atoms with van der Waals surface area (Å²) in [5.74, 6) is -0.0360. The maximum atomic E-state index is 11.7. The van der Waals surface area contributed by atoms with Gasteiger partial charge in [0.15, 0.2) is 5.69 Å². The van der Waals surface area contributed by atoms with Crippen molar-refractivity contribution in [2.45, 2.75) is 6.92 Å². The summed E-state index contributed by atoms with van der Waals surface area (Å²) in [6, 6.07) is 7.27. The minimum atomic E-state index is -0.458. The molecule has 0 aliphatic carbocycles. The molecule has 3 aromatic heterocycles. The second kappa shape index (κ2) is 5.94. The van der Waals surface area contributed by atoms with Gasteiger partial charge in [-0.25, -0.2) is 9.78 Å². The number of nitrogens with zero attached hydrogens (tertiary/aromatic N) is 4. The number of aromatic nitrogens is 4. The Balaban J connectivity index is 1.93. The zero-order valence-corrected chi connectivity index (χ0v) is 12.6. The Morgan fingerprint density at radius 2 is 2.27 bits per heavy atom. The van der Waals surface area contributed by atoms with Crippen molar-refractivity contribution in [1.82, 2.24) is 19.7 Å². The first-order valence-corrected chi connectivity index (χ1v) is 7.47. The van der Waals surface area contributed by atoms with Gasteiger partial charge in [0, 0.05) is 17.6 Å². The summed E-state index contributed by atoms with van der Waals surface area (Å²) in [4.78, 5) is 20.1. The molecular formula is C14H13N5O2S. The van der Waals surface area contributed by atoms with Crippen molar-refractivity contribution in [2.75, 3.05) is 12.3 Å². The Hall–Kier alpha value is -2.74. The first-order valence-electron chi connectivity index (χ1n) is 6.59. The van der Waals surface area contributed by atoms with Gasteiger partial charge in [-0.1, -0.05) is 6.07 Å². The van der Waals surface area contributed by atoms with Gasteiger partial charge in [0.2, 0.25) is 5.13 Å². The number of carbonyl (C=O) groups is 1. The lowest BCUT2D eigenvalue weighted by Crippen LogP contribution is -2.06. The first kappa shape index (κ1) is 14.2. The smallest absolute Gasteiger partial charge is 0.357 e. The highest BCUT2D eigenvalue weighted by atomic mass is 32.1. The van der Waals surface area contributed by atoms with Crippen molar-refractivity contribution in [3.05, 3.63) is 41.5 Å². The quantitative estimate of drug-likeness (QED) is 0.741. The number of hydrogen-bond donors (Lipinski definition) is 1. The van der Waals surface area contributed by atoms with E-state index in [1.807, 2.05) is 18.2 Å². The fourth-order valence-corrected chi connectivity index (χ4v) is 2.61. The highest BCUT2D eigenvalue weighted by Gasteiger charge is 2.16. The highest BCUT2D eigenvalue weighted by Crippen LogP contribution is 2.23. The fraction of sp³-hybridized carbons (Fsp3) is 0.143. The number of nitrogens with two attached hydrogens (primary N) is 1. The molecule has 0 aromatic carbocycles. The van der Waals surface area contributed by atoms with E-state index in [0.29, 0.717) is 23.3 Å². The molecule has 7 nitrogen and oxygen atoms in total. The van der Waals surface area contributed by atoms with E-state index in [-0.39, 0.29) is 5.69 Å². The van der Waals surface area contributed by atoms with Crippen LogP contribution in [0, 0.1) is 0 Å². The number of rotatable bonds is 4. The van der Waals surface area contributed by atoms with Crippen LogP contribution in [-0.2, 0) is 4.74 Å². The van der Waals surface area contributed by atoms with Crippen molar-refractivity contribution in [2.24, 2.45) is 0 Å². The summed E-state index contributed by atoms with van der Waals surface area (Å²) in [6.07, 6.45) is 1.69. The number of hydrogen-bond acceptors (Lipinski definition) is 7. The Kier molecular flexibility index (Phi) is 3.84. The predicted octanol–water partition coefficient (Wildman–Crippen LogP) is 2.15. The van der Waals surface area contributed by atoms with Crippen LogP contribution in [0.1, 0.15) is 17.4 Å². The molecule has 3 rings (SSSR count). The van der Waals surface area contributed by atoms with Crippen molar-refractivity contribution in [1.29, 1.82) is 0 Å². The maximum absolute atomic E-state index is 11.7. The second-order valence-corrected chi connectivity index (χ2v) is 5.15. The van der Waals surface area contributed by atoms with Gasteiger partial charge in [-0.15, -0.1) is 11.3 Å². The van der Waals surface area contributed by atoms with E-state index in [2.05, 4.69) is 15.1 Å². The molecule has 0 spiro atoms. The molecule has 0 aliphatic heterocycles. The van der Waals surface area contributed by atoms with Crippen LogP contribution in [0.25, 0.3) is 16.5 Å². The Morgan fingerprint density at radius 1 is 1.41 bits per heavy atom. The van der Waals surface area contributed by atoms with Crippen molar-refractivity contribution in [3.8, 4) is 16.5 Å². The molecule has 112 valence electrons. The van der Waals surface area contributed by atoms with Gasteiger partial charge in [-0.3, -0.25) is 4.98 Å². The minimum absolute atomic E-state index is 0.246. The van der Waals surface area contributed by atoms with Crippen LogP contribution < -0.4 is 5.73 Å². The molecular weight excluding hydrogens is 302 g/mol. The van der Waals surface area contributed by atoms with Gasteiger partial charge >= 0.3 is 5.97 Å². The zero-order chi connectivity index (χ0) is 15.5. The van der Waals surface area contributed by atoms with Gasteiger partial charge in [-0.05, 0) is 19.1 Å². The van der Waals surface area contributed by atoms with Gasteiger partial charge in [0.25, 0.3) is 0 Å². The third kappa shape index (κ3) is 2.68. The molecule has 8 heteroatoms. The first-order chi connectivity index (χ1) is 10.7. The number of anilines is 1. The van der Waals surface area contributed by atoms with Crippen molar-refractivity contribution in [3.63, 3.8) is 0 Å². The molecule has 0 unspecified atom stereocenters. The Morgan fingerprint density at radius 3 is 3.00 bits per heavy atom. The molecule has 0 aliphatic rings. The fourth-order valence-electron chi connectivity index (χ4n) is 1.85. The number of nitrogen functional groups attached to an aromatic ring is 1. The van der Waals surface area contributed by atoms with Gasteiger partial charge < -0.3 is 10.5 Å². The lowest BCUT2D eigenvalue weighted by molar-refractivity contribution is 0.0520. The third-order valence-electron chi connectivity index (χ3n) is 2.82. The third-order valence-corrected chi connectivity index (χ3v) is 3.64. The largest absolute Gasteiger partial charge is 0.461 e. The number of thiazole rings is 1. The topological polar surface area (TPSA) is 95.9 Å². The summed E-state index contributed by atoms with van der Waals surface area (Å²) in [6.45, 7) is 2.05. The highest BCUT2D eigenvalue weighted by molar-refractivity contribution is 7.12. The van der Waals surface area contributed by atoms with Crippen LogP contribution in [0.3, 0.4) is 0 Å². The SMILES string of the molecule is CCOC(=O)c1csc(-n2nc(-c3ccccn3)cc2N)n1. The van der Waals surface area contributed by atoms with Crippen LogP contribution in [0.15, 0.2) is 35.8 Å². The summed E-state index contributed by atoms with van der Waals surface area (Å²) in [5, 5.41) is 6.52. The molecule has 3 aromatic rings. The summed E-state index contributed by atoms with van der Waals surface area (Å²) < 4.78 is 6.40. The minimum Gasteiger partial charge on any atom is -0.461 e. The van der Waals surface area contributed by atoms with E-state index in [0.717, 1.165) is 5.69 Å². The summed E-state index contributed by atoms with van der Waals surface area (Å²) in [7, 11) is 0. The normalized spacial score (nSPS) is 10.6. The molecule has 0 radical (unpaired) electrons. The van der Waals surface area contributed by atoms with Crippen LogP contribution in [0.2, 0.25) is 0 Å². The van der Waals surface area contributed by atoms with Gasteiger partial charge in [-0.2, -0.15) is 9.78 Å². The second-order valence-electron chi connectivity index (χ2n) is 4.32. The van der Waals surface area contributed by atoms with E-state index in [1.54, 1.807) is 24.6 Å². The average Bonchev–Trinajstić information content (AvgIpc) is 3.15. The molecule has 0 saturated heterocycles. The molecule has 0 fully saturated rings. The Bertz CT molecular complexity index is 797. The van der Waals surface area contributed by atoms with Crippen LogP contribution in [0.4, 0.5) is 5.82 Å². The monoisotopic (exact) mass is 315 g/mol. The maximum Gasteiger partial charge on any atom is 0.357 e. The number of esters is 1. The zero-order valence-electron chi connectivity index (χ0n) is 11.8.